The van der Waals surface area contributed by atoms with Crippen LogP contribution in [0.15, 0.2) is 6.20 Å². The predicted molar refractivity (Wildman–Crippen MR) is 65.0 cm³/mol. The average Bonchev–Trinajstić information content (AvgIpc) is 2.27. The van der Waals surface area contributed by atoms with E-state index in [0.717, 1.165) is 5.75 Å². The summed E-state index contributed by atoms with van der Waals surface area (Å²) in [6, 6.07) is 0. The molecule has 106 valence electrons. The van der Waals surface area contributed by atoms with E-state index < -0.39 is 23.4 Å². The number of thioether (sulfide) groups is 1. The number of carboxylic acids is 1. The lowest BCUT2D eigenvalue weighted by molar-refractivity contribution is -0.141. The number of aromatic nitrogens is 2. The van der Waals surface area contributed by atoms with Gasteiger partial charge in [0, 0.05) is 6.20 Å². The van der Waals surface area contributed by atoms with Crippen molar-refractivity contribution in [3.05, 3.63) is 23.3 Å². The van der Waals surface area contributed by atoms with Crippen LogP contribution in [-0.4, -0.2) is 26.8 Å². The molecule has 0 spiro atoms. The number of alkyl halides is 3. The summed E-state index contributed by atoms with van der Waals surface area (Å²) in [6.07, 6.45) is -4.09. The van der Waals surface area contributed by atoms with Gasteiger partial charge in [0.25, 0.3) is 0 Å². The molecule has 0 radical (unpaired) electrons. The average molecular weight is 294 g/mol. The first-order chi connectivity index (χ1) is 8.71. The van der Waals surface area contributed by atoms with Gasteiger partial charge in [-0.2, -0.15) is 24.9 Å². The summed E-state index contributed by atoms with van der Waals surface area (Å²) in [6.45, 7) is 3.98. The molecule has 1 heterocycles. The molecule has 0 aliphatic carbocycles. The summed E-state index contributed by atoms with van der Waals surface area (Å²) in [5.41, 5.74) is -2.32. The van der Waals surface area contributed by atoms with Gasteiger partial charge in [-0.05, 0) is 11.7 Å². The molecule has 0 amide bonds. The highest BCUT2D eigenvalue weighted by atomic mass is 32.2. The number of carboxylic acid groups (broad SMARTS) is 1. The standard InChI is InChI=1S/C11H13F3N2O2S/c1-6(2)4-19-5-8-15-3-7(10(17)18)9(16-8)11(12,13)14/h3,6H,4-5H2,1-2H3,(H,17,18). The van der Waals surface area contributed by atoms with Gasteiger partial charge in [0.2, 0.25) is 0 Å². The van der Waals surface area contributed by atoms with Gasteiger partial charge < -0.3 is 5.11 Å². The largest absolute Gasteiger partial charge is 0.478 e. The van der Waals surface area contributed by atoms with Crippen LogP contribution in [0, 0.1) is 5.92 Å². The second-order valence-corrected chi connectivity index (χ2v) is 5.29. The molecule has 4 nitrogen and oxygen atoms in total. The summed E-state index contributed by atoms with van der Waals surface area (Å²) in [5.74, 6) is -0.297. The Kier molecular flexibility index (Phi) is 5.16. The molecule has 0 unspecified atom stereocenters. The van der Waals surface area contributed by atoms with Crippen molar-refractivity contribution in [2.24, 2.45) is 5.92 Å². The van der Waals surface area contributed by atoms with E-state index >= 15 is 0 Å². The van der Waals surface area contributed by atoms with Gasteiger partial charge in [-0.15, -0.1) is 0 Å². The Bertz CT molecular complexity index is 464. The lowest BCUT2D eigenvalue weighted by Gasteiger charge is -2.10. The van der Waals surface area contributed by atoms with Crippen LogP contribution in [0.25, 0.3) is 0 Å². The highest BCUT2D eigenvalue weighted by Crippen LogP contribution is 2.30. The number of nitrogens with zero attached hydrogens (tertiary/aromatic N) is 2. The number of halogens is 3. The summed E-state index contributed by atoms with van der Waals surface area (Å²) in [7, 11) is 0. The summed E-state index contributed by atoms with van der Waals surface area (Å²) < 4.78 is 38.0. The van der Waals surface area contributed by atoms with Gasteiger partial charge >= 0.3 is 12.1 Å². The van der Waals surface area contributed by atoms with Crippen molar-refractivity contribution in [2.45, 2.75) is 25.8 Å². The summed E-state index contributed by atoms with van der Waals surface area (Å²) >= 11 is 1.41. The topological polar surface area (TPSA) is 63.1 Å². The number of aromatic carboxylic acids is 1. The molecule has 0 aromatic carbocycles. The zero-order chi connectivity index (χ0) is 14.6. The van der Waals surface area contributed by atoms with E-state index in [1.807, 2.05) is 13.8 Å². The third-order valence-corrected chi connectivity index (χ3v) is 3.38. The number of rotatable bonds is 5. The fourth-order valence-electron chi connectivity index (χ4n) is 1.25. The second kappa shape index (κ2) is 6.23. The Balaban J connectivity index is 2.96. The van der Waals surface area contributed by atoms with Crippen LogP contribution in [0.1, 0.15) is 35.7 Å². The van der Waals surface area contributed by atoms with E-state index in [-0.39, 0.29) is 11.6 Å². The molecule has 0 aliphatic rings. The maximum atomic E-state index is 12.7. The highest BCUT2D eigenvalue weighted by Gasteiger charge is 2.38. The minimum atomic E-state index is -4.80. The monoisotopic (exact) mass is 294 g/mol. The fraction of sp³-hybridized carbons (Fsp3) is 0.545. The first kappa shape index (κ1) is 15.7. The molecule has 0 saturated carbocycles. The molecule has 0 bridgehead atoms. The van der Waals surface area contributed by atoms with Crippen LogP contribution < -0.4 is 0 Å². The van der Waals surface area contributed by atoms with Crippen molar-refractivity contribution in [3.63, 3.8) is 0 Å². The Morgan fingerprint density at radius 1 is 1.47 bits per heavy atom. The van der Waals surface area contributed by atoms with Gasteiger partial charge in [-0.3, -0.25) is 0 Å². The highest BCUT2D eigenvalue weighted by molar-refractivity contribution is 7.98. The molecule has 1 aromatic heterocycles. The molecule has 1 rings (SSSR count). The van der Waals surface area contributed by atoms with Crippen LogP contribution in [-0.2, 0) is 11.9 Å². The summed E-state index contributed by atoms with van der Waals surface area (Å²) in [4.78, 5) is 17.7. The molecule has 1 aromatic rings. The van der Waals surface area contributed by atoms with Crippen LogP contribution in [0.3, 0.4) is 0 Å². The molecule has 8 heteroatoms. The molecular weight excluding hydrogens is 281 g/mol. The molecule has 19 heavy (non-hydrogen) atoms. The van der Waals surface area contributed by atoms with Gasteiger partial charge in [-0.1, -0.05) is 13.8 Å². The normalized spacial score (nSPS) is 11.9. The maximum Gasteiger partial charge on any atom is 0.434 e. The molecule has 0 saturated heterocycles. The van der Waals surface area contributed by atoms with Crippen molar-refractivity contribution >= 4 is 17.7 Å². The van der Waals surface area contributed by atoms with Gasteiger partial charge in [0.1, 0.15) is 11.4 Å². The van der Waals surface area contributed by atoms with Crippen LogP contribution in [0.2, 0.25) is 0 Å². The molecule has 0 fully saturated rings. The van der Waals surface area contributed by atoms with Crippen molar-refractivity contribution in [3.8, 4) is 0 Å². The van der Waals surface area contributed by atoms with Crippen molar-refractivity contribution in [1.29, 1.82) is 0 Å². The Morgan fingerprint density at radius 2 is 2.11 bits per heavy atom. The van der Waals surface area contributed by atoms with E-state index in [4.69, 9.17) is 5.11 Å². The fourth-order valence-corrected chi connectivity index (χ4v) is 2.16. The first-order valence-electron chi connectivity index (χ1n) is 5.46. The van der Waals surface area contributed by atoms with Crippen LogP contribution in [0.5, 0.6) is 0 Å². The van der Waals surface area contributed by atoms with Crippen molar-refractivity contribution in [1.82, 2.24) is 9.97 Å². The predicted octanol–water partition coefficient (Wildman–Crippen LogP) is 3.08. The number of hydrogen-bond donors (Lipinski definition) is 1. The lowest BCUT2D eigenvalue weighted by Crippen LogP contribution is -2.17. The quantitative estimate of drug-likeness (QED) is 0.904. The zero-order valence-corrected chi connectivity index (χ0v) is 11.2. The van der Waals surface area contributed by atoms with Gasteiger partial charge in [0.15, 0.2) is 5.69 Å². The molecule has 0 aliphatic heterocycles. The minimum Gasteiger partial charge on any atom is -0.478 e. The number of hydrogen-bond acceptors (Lipinski definition) is 4. The lowest BCUT2D eigenvalue weighted by atomic mass is 10.2. The Labute approximate surface area is 112 Å². The van der Waals surface area contributed by atoms with E-state index in [2.05, 4.69) is 9.97 Å². The van der Waals surface area contributed by atoms with Crippen LogP contribution in [0.4, 0.5) is 13.2 Å². The van der Waals surface area contributed by atoms with Crippen LogP contribution >= 0.6 is 11.8 Å². The van der Waals surface area contributed by atoms with Crippen molar-refractivity contribution in [2.75, 3.05) is 5.75 Å². The van der Waals surface area contributed by atoms with E-state index in [0.29, 0.717) is 12.1 Å². The smallest absolute Gasteiger partial charge is 0.434 e. The zero-order valence-electron chi connectivity index (χ0n) is 10.4. The van der Waals surface area contributed by atoms with Crippen molar-refractivity contribution < 1.29 is 23.1 Å². The molecule has 1 N–H and O–H groups in total. The van der Waals surface area contributed by atoms with E-state index in [1.54, 1.807) is 0 Å². The first-order valence-corrected chi connectivity index (χ1v) is 6.61. The van der Waals surface area contributed by atoms with Gasteiger partial charge in [-0.25, -0.2) is 14.8 Å². The Morgan fingerprint density at radius 3 is 2.58 bits per heavy atom. The molecular formula is C11H13F3N2O2S. The SMILES string of the molecule is CC(C)CSCc1ncc(C(=O)O)c(C(F)(F)F)n1. The number of carbonyl (C=O) groups is 1. The third-order valence-electron chi connectivity index (χ3n) is 2.02. The van der Waals surface area contributed by atoms with E-state index in [9.17, 15) is 18.0 Å². The Hall–Kier alpha value is -1.31. The maximum absolute atomic E-state index is 12.7. The van der Waals surface area contributed by atoms with Gasteiger partial charge in [0.05, 0.1) is 5.75 Å². The molecule has 0 atom stereocenters. The summed E-state index contributed by atoms with van der Waals surface area (Å²) in [5, 5.41) is 8.68. The van der Waals surface area contributed by atoms with E-state index in [1.165, 1.54) is 11.8 Å². The minimum absolute atomic E-state index is 0.0111. The third kappa shape index (κ3) is 4.70. The second-order valence-electron chi connectivity index (χ2n) is 4.26.